The van der Waals surface area contributed by atoms with Gasteiger partial charge in [0.2, 0.25) is 11.8 Å². The lowest BCUT2D eigenvalue weighted by molar-refractivity contribution is -0.374. The summed E-state index contributed by atoms with van der Waals surface area (Å²) in [6.45, 7) is 6.73. The van der Waals surface area contributed by atoms with Crippen molar-refractivity contribution in [1.29, 1.82) is 0 Å². The van der Waals surface area contributed by atoms with Gasteiger partial charge in [-0.3, -0.25) is 9.59 Å². The number of hydrogen-bond acceptors (Lipinski definition) is 13. The molecule has 15 nitrogen and oxygen atoms in total. The van der Waals surface area contributed by atoms with Crippen molar-refractivity contribution in [2.24, 2.45) is 0 Å². The molecule has 15 heteroatoms. The Hall–Kier alpha value is -1.50. The smallest absolute Gasteiger partial charge is 0.220 e. The Kier molecular flexibility index (Phi) is 16.5. The lowest BCUT2D eigenvalue weighted by Crippen LogP contribution is -2.63. The van der Waals surface area contributed by atoms with E-state index in [1.54, 1.807) is 0 Å². The van der Waals surface area contributed by atoms with Crippen LogP contribution in [0.1, 0.15) is 52.4 Å². The number of aliphatic hydroxyl groups excluding tert-OH is 6. The molecule has 0 bridgehead atoms. The van der Waals surface area contributed by atoms with Gasteiger partial charge in [-0.25, -0.2) is 0 Å². The maximum atomic E-state index is 12.2. The Morgan fingerprint density at radius 3 is 1.39 bits per heavy atom. The number of hydrogen-bond donors (Lipinski definition) is 8. The fourth-order valence-electron chi connectivity index (χ4n) is 4.48. The summed E-state index contributed by atoms with van der Waals surface area (Å²) < 4.78 is 27.2. The topological polar surface area (TPSA) is 226 Å². The SMILES string of the molecule is CCOCCCNC(=O)CCC1OC(OC2OC(CCC(=O)NCCCOCC)C(O)C(O)C2O)C(O)C(O)C1O. The van der Waals surface area contributed by atoms with Gasteiger partial charge in [-0.1, -0.05) is 0 Å². The van der Waals surface area contributed by atoms with Gasteiger partial charge in [0.1, 0.15) is 36.6 Å². The average Bonchev–Trinajstić information content (AvgIpc) is 2.96. The second kappa shape index (κ2) is 18.9. The molecule has 2 rings (SSSR count). The Morgan fingerprint density at radius 2 is 1.02 bits per heavy atom. The fraction of sp³-hybridized carbons (Fsp3) is 0.923. The molecule has 0 spiro atoms. The number of aliphatic hydroxyl groups is 6. The van der Waals surface area contributed by atoms with E-state index in [0.717, 1.165) is 0 Å². The van der Waals surface area contributed by atoms with E-state index in [-0.39, 0.29) is 37.5 Å². The average molecular weight is 597 g/mol. The van der Waals surface area contributed by atoms with Crippen molar-refractivity contribution in [2.75, 3.05) is 39.5 Å². The van der Waals surface area contributed by atoms with Crippen LogP contribution in [0.15, 0.2) is 0 Å². The van der Waals surface area contributed by atoms with Crippen LogP contribution in [0.5, 0.6) is 0 Å². The zero-order valence-corrected chi connectivity index (χ0v) is 23.8. The minimum absolute atomic E-state index is 0.0141. The summed E-state index contributed by atoms with van der Waals surface area (Å²) in [5.74, 6) is -0.612. The van der Waals surface area contributed by atoms with E-state index in [2.05, 4.69) is 10.6 Å². The van der Waals surface area contributed by atoms with Gasteiger partial charge in [0.25, 0.3) is 0 Å². The van der Waals surface area contributed by atoms with E-state index in [1.807, 2.05) is 13.8 Å². The molecular weight excluding hydrogens is 548 g/mol. The van der Waals surface area contributed by atoms with Crippen molar-refractivity contribution in [3.63, 3.8) is 0 Å². The molecule has 0 aliphatic carbocycles. The van der Waals surface area contributed by atoms with E-state index in [4.69, 9.17) is 23.7 Å². The predicted octanol–water partition coefficient (Wildman–Crippen LogP) is -2.74. The molecule has 0 aromatic heterocycles. The Balaban J connectivity index is 1.89. The molecule has 2 saturated heterocycles. The summed E-state index contributed by atoms with van der Waals surface area (Å²) in [7, 11) is 0. The molecule has 240 valence electrons. The van der Waals surface area contributed by atoms with E-state index in [1.165, 1.54) is 0 Å². The maximum absolute atomic E-state index is 12.2. The van der Waals surface area contributed by atoms with Crippen LogP contribution < -0.4 is 10.6 Å². The predicted molar refractivity (Wildman–Crippen MR) is 141 cm³/mol. The third kappa shape index (κ3) is 11.6. The number of amides is 2. The van der Waals surface area contributed by atoms with E-state index < -0.39 is 61.4 Å². The summed E-state index contributed by atoms with van der Waals surface area (Å²) in [5.41, 5.74) is 0. The summed E-state index contributed by atoms with van der Waals surface area (Å²) in [5, 5.41) is 67.8. The van der Waals surface area contributed by atoms with Gasteiger partial charge in [0.05, 0.1) is 12.2 Å². The molecule has 0 saturated carbocycles. The van der Waals surface area contributed by atoms with Crippen molar-refractivity contribution >= 4 is 11.8 Å². The van der Waals surface area contributed by atoms with Gasteiger partial charge in [-0.05, 0) is 39.5 Å². The summed E-state index contributed by atoms with van der Waals surface area (Å²) in [6, 6.07) is 0. The monoisotopic (exact) mass is 596 g/mol. The molecule has 0 aromatic carbocycles. The number of ether oxygens (including phenoxy) is 5. The minimum Gasteiger partial charge on any atom is -0.388 e. The van der Waals surface area contributed by atoms with Crippen LogP contribution >= 0.6 is 0 Å². The van der Waals surface area contributed by atoms with Crippen LogP contribution in [-0.2, 0) is 33.3 Å². The molecule has 10 atom stereocenters. The first-order chi connectivity index (χ1) is 19.6. The molecule has 8 N–H and O–H groups in total. The van der Waals surface area contributed by atoms with Crippen LogP contribution in [0.2, 0.25) is 0 Å². The third-order valence-corrected chi connectivity index (χ3v) is 6.90. The van der Waals surface area contributed by atoms with Gasteiger partial charge in [-0.2, -0.15) is 0 Å². The molecule has 2 heterocycles. The normalized spacial score (nSPS) is 33.9. The first kappa shape index (κ1) is 35.7. The highest BCUT2D eigenvalue weighted by Crippen LogP contribution is 2.30. The zero-order chi connectivity index (χ0) is 30.4. The number of carbonyl (C=O) groups is 2. The molecule has 0 radical (unpaired) electrons. The summed E-state index contributed by atoms with van der Waals surface area (Å²) >= 11 is 0. The second-order valence-electron chi connectivity index (χ2n) is 10.0. The summed E-state index contributed by atoms with van der Waals surface area (Å²) in [4.78, 5) is 24.3. The van der Waals surface area contributed by atoms with Crippen LogP contribution in [0.4, 0.5) is 0 Å². The maximum Gasteiger partial charge on any atom is 0.220 e. The van der Waals surface area contributed by atoms with Gasteiger partial charge in [0.15, 0.2) is 12.6 Å². The van der Waals surface area contributed by atoms with Crippen LogP contribution in [0, 0.1) is 0 Å². The van der Waals surface area contributed by atoms with E-state index in [9.17, 15) is 40.2 Å². The minimum atomic E-state index is -1.76. The Bertz CT molecular complexity index is 703. The number of carbonyl (C=O) groups excluding carboxylic acids is 2. The highest BCUT2D eigenvalue weighted by atomic mass is 16.8. The van der Waals surface area contributed by atoms with Gasteiger partial charge in [0, 0.05) is 52.4 Å². The summed E-state index contributed by atoms with van der Waals surface area (Å²) in [6.07, 6.45) is -14.3. The van der Waals surface area contributed by atoms with Crippen molar-refractivity contribution in [3.05, 3.63) is 0 Å². The van der Waals surface area contributed by atoms with Crippen molar-refractivity contribution in [2.45, 2.75) is 114 Å². The first-order valence-corrected chi connectivity index (χ1v) is 14.3. The van der Waals surface area contributed by atoms with E-state index >= 15 is 0 Å². The molecule has 2 amide bonds. The van der Waals surface area contributed by atoms with Crippen molar-refractivity contribution < 1.29 is 63.9 Å². The molecule has 0 aromatic rings. The number of nitrogens with one attached hydrogen (secondary N) is 2. The van der Waals surface area contributed by atoms with Crippen molar-refractivity contribution in [1.82, 2.24) is 10.6 Å². The van der Waals surface area contributed by atoms with Crippen LogP contribution in [0.25, 0.3) is 0 Å². The van der Waals surface area contributed by atoms with E-state index in [0.29, 0.717) is 52.4 Å². The highest BCUT2D eigenvalue weighted by molar-refractivity contribution is 5.76. The van der Waals surface area contributed by atoms with Gasteiger partial charge in [-0.15, -0.1) is 0 Å². The first-order valence-electron chi connectivity index (χ1n) is 14.3. The molecule has 2 aliphatic heterocycles. The molecule has 10 unspecified atom stereocenters. The molecule has 2 aliphatic rings. The molecular formula is C26H48N2O13. The second-order valence-corrected chi connectivity index (χ2v) is 10.0. The lowest BCUT2D eigenvalue weighted by Gasteiger charge is -2.45. The highest BCUT2D eigenvalue weighted by Gasteiger charge is 2.49. The van der Waals surface area contributed by atoms with Gasteiger partial charge < -0.3 is 65.0 Å². The van der Waals surface area contributed by atoms with Crippen LogP contribution in [0.3, 0.4) is 0 Å². The van der Waals surface area contributed by atoms with Crippen molar-refractivity contribution in [3.8, 4) is 0 Å². The molecule has 41 heavy (non-hydrogen) atoms. The van der Waals surface area contributed by atoms with Crippen LogP contribution in [-0.4, -0.2) is 143 Å². The largest absolute Gasteiger partial charge is 0.388 e. The Morgan fingerprint density at radius 1 is 0.634 bits per heavy atom. The quantitative estimate of drug-likeness (QED) is 0.0753. The zero-order valence-electron chi connectivity index (χ0n) is 23.8. The lowest BCUT2D eigenvalue weighted by atomic mass is 9.94. The third-order valence-electron chi connectivity index (χ3n) is 6.90. The molecule has 2 fully saturated rings. The number of rotatable bonds is 18. The standard InChI is InChI=1S/C26H48N2O13/c1-3-37-13-5-11-27-17(29)9-7-15-19(31)21(33)23(35)25(39-15)41-26-24(36)22(34)20(32)16(40-26)8-10-18(30)28-12-6-14-38-4-2/h15-16,19-26,31-36H,3-14H2,1-2H3,(H,27,29)(H,28,30). The van der Waals surface area contributed by atoms with Gasteiger partial charge >= 0.3 is 0 Å². The fourth-order valence-corrected chi connectivity index (χ4v) is 4.48. The Labute approximate surface area is 240 Å².